The van der Waals surface area contributed by atoms with Crippen molar-refractivity contribution in [2.75, 3.05) is 25.6 Å². The van der Waals surface area contributed by atoms with Crippen molar-refractivity contribution in [2.24, 2.45) is 0 Å². The van der Waals surface area contributed by atoms with Crippen molar-refractivity contribution >= 4 is 46.8 Å². The molecule has 0 saturated carbocycles. The van der Waals surface area contributed by atoms with E-state index in [1.807, 2.05) is 0 Å². The normalized spacial score (nSPS) is 31.3. The SMILES string of the molecule is Nc1nc2c(ncn2[C@@H]2O[C@H](CO)[C@@H](O)[C@H]2OP(O)(=S)OC[C@H]2OC[C@](F)(n3cnc4c(=O)[nH]cnc43)[C@@H]2O)c(=O)[nH]1. The van der Waals surface area contributed by atoms with Crippen molar-refractivity contribution in [1.82, 2.24) is 39.0 Å². The van der Waals surface area contributed by atoms with Crippen molar-refractivity contribution in [1.29, 1.82) is 0 Å². The number of ether oxygens (including phenoxy) is 2. The second kappa shape index (κ2) is 10.5. The summed E-state index contributed by atoms with van der Waals surface area (Å²) in [5.74, 6) is -2.84. The summed E-state index contributed by atoms with van der Waals surface area (Å²) >= 11 is 5.10. The number of rotatable bonds is 8. The average Bonchev–Trinajstić information content (AvgIpc) is 3.70. The first-order valence-electron chi connectivity index (χ1n) is 12.2. The van der Waals surface area contributed by atoms with Crippen molar-refractivity contribution in [2.45, 2.75) is 42.5 Å². The summed E-state index contributed by atoms with van der Waals surface area (Å²) < 4.78 is 40.0. The van der Waals surface area contributed by atoms with Gasteiger partial charge in [-0.15, -0.1) is 0 Å². The fraction of sp³-hybridized carbons (Fsp3) is 0.500. The molecular formula is C20H23FN9O10PS. The van der Waals surface area contributed by atoms with E-state index in [9.17, 15) is 29.8 Å². The van der Waals surface area contributed by atoms with Gasteiger partial charge in [-0.25, -0.2) is 19.3 Å². The summed E-state index contributed by atoms with van der Waals surface area (Å²) in [5, 5.41) is 31.2. The first-order chi connectivity index (χ1) is 19.9. The van der Waals surface area contributed by atoms with E-state index in [1.165, 1.54) is 4.57 Å². The molecule has 226 valence electrons. The van der Waals surface area contributed by atoms with Crippen LogP contribution in [0.5, 0.6) is 0 Å². The molecule has 4 aromatic rings. The molecule has 2 saturated heterocycles. The summed E-state index contributed by atoms with van der Waals surface area (Å²) in [5.41, 5.74) is 3.95. The Morgan fingerprint density at radius 3 is 2.69 bits per heavy atom. The molecule has 4 aromatic heterocycles. The van der Waals surface area contributed by atoms with Crippen molar-refractivity contribution in [3.8, 4) is 0 Å². The Balaban J connectivity index is 1.19. The van der Waals surface area contributed by atoms with E-state index in [0.29, 0.717) is 0 Å². The lowest BCUT2D eigenvalue weighted by atomic mass is 10.1. The van der Waals surface area contributed by atoms with Crippen LogP contribution in [0.4, 0.5) is 10.3 Å². The summed E-state index contributed by atoms with van der Waals surface area (Å²) in [6.07, 6.45) is -5.58. The van der Waals surface area contributed by atoms with Crippen LogP contribution in [-0.2, 0) is 36.1 Å². The molecule has 0 amide bonds. The molecule has 19 nitrogen and oxygen atoms in total. The van der Waals surface area contributed by atoms with E-state index < -0.39 is 80.2 Å². The van der Waals surface area contributed by atoms with Crippen LogP contribution in [-0.4, -0.2) is 110 Å². The summed E-state index contributed by atoms with van der Waals surface area (Å²) in [6.45, 7) is -6.28. The van der Waals surface area contributed by atoms with E-state index in [0.717, 1.165) is 23.5 Å². The van der Waals surface area contributed by atoms with Gasteiger partial charge < -0.3 is 44.9 Å². The topological polar surface area (TPSA) is 271 Å². The smallest absolute Gasteiger partial charge is 0.325 e. The Bertz CT molecular complexity index is 1820. The van der Waals surface area contributed by atoms with Gasteiger partial charge in [0.2, 0.25) is 11.7 Å². The average molecular weight is 631 g/mol. The minimum atomic E-state index is -4.29. The maximum Gasteiger partial charge on any atom is 0.325 e. The van der Waals surface area contributed by atoms with Crippen LogP contribution < -0.4 is 16.9 Å². The van der Waals surface area contributed by atoms with Crippen molar-refractivity contribution in [3.05, 3.63) is 39.7 Å². The van der Waals surface area contributed by atoms with Gasteiger partial charge in [0.25, 0.3) is 11.1 Å². The zero-order chi connectivity index (χ0) is 30.0. The Morgan fingerprint density at radius 1 is 1.19 bits per heavy atom. The number of alkyl halides is 1. The van der Waals surface area contributed by atoms with Gasteiger partial charge in [0.1, 0.15) is 43.5 Å². The highest BCUT2D eigenvalue weighted by molar-refractivity contribution is 8.07. The lowest BCUT2D eigenvalue weighted by molar-refractivity contribution is -0.0534. The molecule has 0 aliphatic carbocycles. The minimum Gasteiger partial charge on any atom is -0.394 e. The van der Waals surface area contributed by atoms with Gasteiger partial charge in [0.05, 0.1) is 25.9 Å². The van der Waals surface area contributed by atoms with Crippen LogP contribution in [0.25, 0.3) is 22.3 Å². The standard InChI is InChI=1S/C20H23FN9O10PS/c21-20(30-6-26-9-14(30)23-4-24-16(9)34)3-37-8(13(20)33)2-38-41(36,42)40-12-11(32)7(1-31)39-18(12)29-5-25-10-15(29)27-19(22)28-17(10)35/h4-8,11-13,18,31-33H,1-3H2,(H,36,42)(H,23,24,34)(H3,22,27,28,35)/t7-,8-,11-,12-,13-,18-,20+,41?/m1/s1. The highest BCUT2D eigenvalue weighted by atomic mass is 32.5. The molecule has 6 heterocycles. The summed E-state index contributed by atoms with van der Waals surface area (Å²) in [4.78, 5) is 55.3. The first kappa shape index (κ1) is 28.9. The number of nitrogen functional groups attached to an aromatic ring is 1. The van der Waals surface area contributed by atoms with Gasteiger partial charge in [-0.05, 0) is 11.8 Å². The predicted octanol–water partition coefficient (Wildman–Crippen LogP) is -2.91. The molecule has 2 aliphatic rings. The minimum absolute atomic E-state index is 0.0435. The van der Waals surface area contributed by atoms with Crippen LogP contribution in [0.1, 0.15) is 6.23 Å². The number of hydrogen-bond donors (Lipinski definition) is 7. The maximum atomic E-state index is 16.0. The number of nitrogens with two attached hydrogens (primary N) is 1. The highest BCUT2D eigenvalue weighted by Gasteiger charge is 2.53. The molecule has 2 fully saturated rings. The number of nitrogens with one attached hydrogen (secondary N) is 2. The molecule has 22 heteroatoms. The third kappa shape index (κ3) is 4.72. The Labute approximate surface area is 236 Å². The van der Waals surface area contributed by atoms with E-state index in [1.54, 1.807) is 0 Å². The van der Waals surface area contributed by atoms with E-state index in [2.05, 4.69) is 29.9 Å². The van der Waals surface area contributed by atoms with Gasteiger partial charge in [-0.2, -0.15) is 4.98 Å². The number of anilines is 1. The molecule has 6 rings (SSSR count). The molecule has 42 heavy (non-hydrogen) atoms. The molecule has 0 spiro atoms. The van der Waals surface area contributed by atoms with Crippen LogP contribution in [0.2, 0.25) is 0 Å². The molecule has 1 unspecified atom stereocenters. The quantitative estimate of drug-likeness (QED) is 0.0960. The zero-order valence-corrected chi connectivity index (χ0v) is 22.8. The first-order valence-corrected chi connectivity index (χ1v) is 14.7. The van der Waals surface area contributed by atoms with Gasteiger partial charge in [0, 0.05) is 0 Å². The monoisotopic (exact) mass is 631 g/mol. The van der Waals surface area contributed by atoms with Gasteiger partial charge >= 0.3 is 6.72 Å². The Morgan fingerprint density at radius 2 is 1.93 bits per heavy atom. The molecule has 0 radical (unpaired) electrons. The maximum absolute atomic E-state index is 16.0. The molecular weight excluding hydrogens is 608 g/mol. The fourth-order valence-electron chi connectivity index (χ4n) is 4.84. The van der Waals surface area contributed by atoms with Gasteiger partial charge in [0.15, 0.2) is 28.6 Å². The lowest BCUT2D eigenvalue weighted by Crippen LogP contribution is -2.43. The molecule has 0 aromatic carbocycles. The number of nitrogens with zero attached hydrogens (tertiary/aromatic N) is 6. The van der Waals surface area contributed by atoms with Crippen LogP contribution in [0.15, 0.2) is 28.6 Å². The van der Waals surface area contributed by atoms with Crippen LogP contribution in [0.3, 0.4) is 0 Å². The summed E-state index contributed by atoms with van der Waals surface area (Å²) in [7, 11) is 0. The van der Waals surface area contributed by atoms with Crippen molar-refractivity contribution < 1.29 is 43.1 Å². The van der Waals surface area contributed by atoms with Crippen molar-refractivity contribution in [3.63, 3.8) is 0 Å². The van der Waals surface area contributed by atoms with E-state index in [-0.39, 0.29) is 28.3 Å². The number of fused-ring (bicyclic) bond motifs is 2. The molecule has 0 bridgehead atoms. The predicted molar refractivity (Wildman–Crippen MR) is 140 cm³/mol. The van der Waals surface area contributed by atoms with Gasteiger partial charge in [-0.3, -0.25) is 28.2 Å². The van der Waals surface area contributed by atoms with Crippen LogP contribution >= 0.6 is 6.72 Å². The highest BCUT2D eigenvalue weighted by Crippen LogP contribution is 2.50. The second-order valence-corrected chi connectivity index (χ2v) is 12.3. The zero-order valence-electron chi connectivity index (χ0n) is 21.0. The number of aliphatic hydroxyl groups excluding tert-OH is 3. The third-order valence-corrected chi connectivity index (χ3v) is 8.48. The molecule has 2 aliphatic heterocycles. The fourth-order valence-corrected chi connectivity index (χ4v) is 6.26. The number of halogens is 1. The third-order valence-electron chi connectivity index (χ3n) is 6.92. The second-order valence-electron chi connectivity index (χ2n) is 9.48. The number of imidazole rings is 2. The number of H-pyrrole nitrogens is 2. The van der Waals surface area contributed by atoms with Gasteiger partial charge in [-0.1, -0.05) is 0 Å². The number of aromatic amines is 2. The summed E-state index contributed by atoms with van der Waals surface area (Å²) in [6, 6.07) is 0. The van der Waals surface area contributed by atoms with E-state index in [4.69, 9.17) is 36.1 Å². The number of aliphatic hydroxyl groups is 3. The van der Waals surface area contributed by atoms with Crippen LogP contribution in [0, 0.1) is 0 Å². The number of hydrogen-bond acceptors (Lipinski definition) is 15. The molecule has 8 N–H and O–H groups in total. The number of aromatic nitrogens is 8. The molecule has 8 atom stereocenters. The largest absolute Gasteiger partial charge is 0.394 e. The lowest BCUT2D eigenvalue weighted by Gasteiger charge is -2.28. The Hall–Kier alpha value is -3.24. The van der Waals surface area contributed by atoms with E-state index >= 15 is 4.39 Å². The Kier molecular flexibility index (Phi) is 7.20.